The third kappa shape index (κ3) is 5.02. The number of ether oxygens (including phenoxy) is 1. The van der Waals surface area contributed by atoms with Crippen LogP contribution in [0.2, 0.25) is 0 Å². The minimum absolute atomic E-state index is 0.241. The summed E-state index contributed by atoms with van der Waals surface area (Å²) in [6, 6.07) is 8.60. The Labute approximate surface area is 134 Å². The summed E-state index contributed by atoms with van der Waals surface area (Å²) in [7, 11) is 1.90. The van der Waals surface area contributed by atoms with Crippen LogP contribution in [-0.2, 0) is 16.0 Å². The van der Waals surface area contributed by atoms with Crippen molar-refractivity contribution in [1.29, 1.82) is 0 Å². The van der Waals surface area contributed by atoms with Gasteiger partial charge in [0.2, 0.25) is 5.91 Å². The number of unbranched alkanes of at least 4 members (excludes halogenated alkanes) is 1. The zero-order chi connectivity index (χ0) is 15.8. The average molecular weight is 304 g/mol. The predicted octanol–water partition coefficient (Wildman–Crippen LogP) is 2.71. The number of morpholine rings is 1. The average Bonchev–Trinajstić information content (AvgIpc) is 2.58. The monoisotopic (exact) mass is 304 g/mol. The zero-order valence-electron chi connectivity index (χ0n) is 13.9. The second kappa shape index (κ2) is 8.79. The van der Waals surface area contributed by atoms with Crippen LogP contribution in [0.1, 0.15) is 31.7 Å². The maximum atomic E-state index is 12.0. The van der Waals surface area contributed by atoms with Crippen LogP contribution in [0.5, 0.6) is 0 Å². The van der Waals surface area contributed by atoms with Crippen LogP contribution in [-0.4, -0.2) is 50.7 Å². The van der Waals surface area contributed by atoms with E-state index in [4.69, 9.17) is 4.74 Å². The van der Waals surface area contributed by atoms with Crippen molar-refractivity contribution >= 4 is 11.6 Å². The molecule has 0 saturated carbocycles. The van der Waals surface area contributed by atoms with Gasteiger partial charge < -0.3 is 14.5 Å². The second-order valence-electron chi connectivity index (χ2n) is 5.93. The first kappa shape index (κ1) is 16.8. The van der Waals surface area contributed by atoms with Gasteiger partial charge in [0.25, 0.3) is 0 Å². The van der Waals surface area contributed by atoms with E-state index in [0.29, 0.717) is 6.42 Å². The van der Waals surface area contributed by atoms with Crippen molar-refractivity contribution in [2.45, 2.75) is 32.6 Å². The molecule has 0 unspecified atom stereocenters. The standard InChI is InChI=1S/C18H28N2O2/c1-3-4-11-19(2)18(21)10-7-16-5-8-17(9-6-16)20-12-14-22-15-13-20/h5-6,8-9H,3-4,7,10-15H2,1-2H3. The molecule has 122 valence electrons. The highest BCUT2D eigenvalue weighted by molar-refractivity contribution is 5.76. The first-order valence-electron chi connectivity index (χ1n) is 8.36. The Balaban J connectivity index is 1.79. The Morgan fingerprint density at radius 3 is 2.55 bits per heavy atom. The number of aryl methyl sites for hydroxylation is 1. The molecule has 0 spiro atoms. The van der Waals surface area contributed by atoms with Gasteiger partial charge in [-0.2, -0.15) is 0 Å². The Kier molecular flexibility index (Phi) is 6.72. The minimum Gasteiger partial charge on any atom is -0.378 e. The van der Waals surface area contributed by atoms with E-state index < -0.39 is 0 Å². The molecule has 1 aliphatic heterocycles. The van der Waals surface area contributed by atoms with Crippen LogP contribution in [0.4, 0.5) is 5.69 Å². The van der Waals surface area contributed by atoms with Gasteiger partial charge in [-0.15, -0.1) is 0 Å². The van der Waals surface area contributed by atoms with Crippen molar-refractivity contribution in [1.82, 2.24) is 4.90 Å². The minimum atomic E-state index is 0.241. The van der Waals surface area contributed by atoms with E-state index in [1.54, 1.807) is 0 Å². The van der Waals surface area contributed by atoms with E-state index in [2.05, 4.69) is 36.1 Å². The van der Waals surface area contributed by atoms with Gasteiger partial charge >= 0.3 is 0 Å². The molecule has 22 heavy (non-hydrogen) atoms. The van der Waals surface area contributed by atoms with Crippen molar-refractivity contribution in [3.05, 3.63) is 29.8 Å². The molecule has 0 bridgehead atoms. The molecule has 4 heteroatoms. The molecule has 1 fully saturated rings. The smallest absolute Gasteiger partial charge is 0.222 e. The Hall–Kier alpha value is -1.55. The van der Waals surface area contributed by atoms with Crippen molar-refractivity contribution in [2.75, 3.05) is 44.8 Å². The van der Waals surface area contributed by atoms with Crippen LogP contribution in [0.3, 0.4) is 0 Å². The summed E-state index contributed by atoms with van der Waals surface area (Å²) >= 11 is 0. The van der Waals surface area contributed by atoms with Crippen LogP contribution < -0.4 is 4.90 Å². The SMILES string of the molecule is CCCCN(C)C(=O)CCc1ccc(N2CCOCC2)cc1. The van der Waals surface area contributed by atoms with Crippen molar-refractivity contribution in [3.8, 4) is 0 Å². The fraction of sp³-hybridized carbons (Fsp3) is 0.611. The number of amides is 1. The van der Waals surface area contributed by atoms with Crippen molar-refractivity contribution in [3.63, 3.8) is 0 Å². The summed E-state index contributed by atoms with van der Waals surface area (Å²) in [4.78, 5) is 16.2. The highest BCUT2D eigenvalue weighted by atomic mass is 16.5. The largest absolute Gasteiger partial charge is 0.378 e. The topological polar surface area (TPSA) is 32.8 Å². The highest BCUT2D eigenvalue weighted by Gasteiger charge is 2.11. The molecule has 1 aromatic carbocycles. The third-order valence-corrected chi connectivity index (χ3v) is 4.21. The molecule has 1 aliphatic rings. The number of hydrogen-bond donors (Lipinski definition) is 0. The van der Waals surface area contributed by atoms with Gasteiger partial charge in [-0.1, -0.05) is 25.5 Å². The van der Waals surface area contributed by atoms with Crippen molar-refractivity contribution in [2.24, 2.45) is 0 Å². The number of carbonyl (C=O) groups is 1. The highest BCUT2D eigenvalue weighted by Crippen LogP contribution is 2.17. The van der Waals surface area contributed by atoms with Gasteiger partial charge in [-0.3, -0.25) is 4.79 Å². The molecule has 0 aromatic heterocycles. The normalized spacial score (nSPS) is 14.9. The van der Waals surface area contributed by atoms with Crippen LogP contribution in [0.15, 0.2) is 24.3 Å². The van der Waals surface area contributed by atoms with Gasteiger partial charge in [0.15, 0.2) is 0 Å². The van der Waals surface area contributed by atoms with E-state index in [9.17, 15) is 4.79 Å². The quantitative estimate of drug-likeness (QED) is 0.776. The lowest BCUT2D eigenvalue weighted by Crippen LogP contribution is -2.36. The molecule has 1 aromatic rings. The number of rotatable bonds is 7. The van der Waals surface area contributed by atoms with E-state index in [1.165, 1.54) is 11.3 Å². The van der Waals surface area contributed by atoms with Crippen molar-refractivity contribution < 1.29 is 9.53 Å². The number of benzene rings is 1. The van der Waals surface area contributed by atoms with E-state index in [0.717, 1.165) is 52.1 Å². The summed E-state index contributed by atoms with van der Waals surface area (Å²) in [6.45, 7) is 6.54. The summed E-state index contributed by atoms with van der Waals surface area (Å²) in [5, 5.41) is 0. The van der Waals surface area contributed by atoms with E-state index in [-0.39, 0.29) is 5.91 Å². The van der Waals surface area contributed by atoms with Gasteiger partial charge in [0.05, 0.1) is 13.2 Å². The fourth-order valence-electron chi connectivity index (χ4n) is 2.66. The van der Waals surface area contributed by atoms with Gasteiger partial charge in [0, 0.05) is 38.8 Å². The Morgan fingerprint density at radius 1 is 1.23 bits per heavy atom. The zero-order valence-corrected chi connectivity index (χ0v) is 13.9. The van der Waals surface area contributed by atoms with Crippen LogP contribution in [0.25, 0.3) is 0 Å². The molecule has 0 atom stereocenters. The molecule has 2 rings (SSSR count). The summed E-state index contributed by atoms with van der Waals surface area (Å²) in [5.74, 6) is 0.241. The lowest BCUT2D eigenvalue weighted by molar-refractivity contribution is -0.129. The first-order chi connectivity index (χ1) is 10.7. The van der Waals surface area contributed by atoms with E-state index >= 15 is 0 Å². The molecule has 4 nitrogen and oxygen atoms in total. The number of nitrogens with zero attached hydrogens (tertiary/aromatic N) is 2. The molecule has 0 radical (unpaired) electrons. The predicted molar refractivity (Wildman–Crippen MR) is 90.3 cm³/mol. The van der Waals surface area contributed by atoms with Gasteiger partial charge in [0.1, 0.15) is 0 Å². The Bertz CT molecular complexity index is 453. The van der Waals surface area contributed by atoms with Gasteiger partial charge in [-0.05, 0) is 30.5 Å². The van der Waals surface area contributed by atoms with Crippen LogP contribution in [0, 0.1) is 0 Å². The maximum absolute atomic E-state index is 12.0. The summed E-state index contributed by atoms with van der Waals surface area (Å²) in [5.41, 5.74) is 2.48. The molecule has 1 amide bonds. The fourth-order valence-corrected chi connectivity index (χ4v) is 2.66. The van der Waals surface area contributed by atoms with E-state index in [1.807, 2.05) is 11.9 Å². The van der Waals surface area contributed by atoms with Gasteiger partial charge in [-0.25, -0.2) is 0 Å². The Morgan fingerprint density at radius 2 is 1.91 bits per heavy atom. The summed E-state index contributed by atoms with van der Waals surface area (Å²) in [6.07, 6.45) is 3.62. The first-order valence-corrected chi connectivity index (χ1v) is 8.36. The number of anilines is 1. The molecule has 0 N–H and O–H groups in total. The molecular formula is C18H28N2O2. The number of hydrogen-bond acceptors (Lipinski definition) is 3. The second-order valence-corrected chi connectivity index (χ2v) is 5.93. The molecule has 0 aliphatic carbocycles. The molecule has 1 saturated heterocycles. The third-order valence-electron chi connectivity index (χ3n) is 4.21. The summed E-state index contributed by atoms with van der Waals surface area (Å²) < 4.78 is 5.38. The molecule has 1 heterocycles. The maximum Gasteiger partial charge on any atom is 0.222 e. The lowest BCUT2D eigenvalue weighted by atomic mass is 10.1. The lowest BCUT2D eigenvalue weighted by Gasteiger charge is -2.28. The van der Waals surface area contributed by atoms with Crippen LogP contribution >= 0.6 is 0 Å². The molecular weight excluding hydrogens is 276 g/mol. The number of carbonyl (C=O) groups excluding carboxylic acids is 1.